The van der Waals surface area contributed by atoms with Gasteiger partial charge in [0, 0.05) is 43.2 Å². The Bertz CT molecular complexity index is 1190. The number of alkyl halides is 2. The third-order valence-corrected chi connectivity index (χ3v) is 8.68. The van der Waals surface area contributed by atoms with Crippen molar-refractivity contribution in [3.8, 4) is 0 Å². The summed E-state index contributed by atoms with van der Waals surface area (Å²) in [6, 6.07) is 7.16. The first-order valence-electron chi connectivity index (χ1n) is 10.4. The van der Waals surface area contributed by atoms with E-state index in [-0.39, 0.29) is 35.0 Å². The second kappa shape index (κ2) is 7.02. The molecule has 2 fully saturated rings. The van der Waals surface area contributed by atoms with Crippen LogP contribution in [0.3, 0.4) is 0 Å². The molecule has 2 aliphatic heterocycles. The van der Waals surface area contributed by atoms with E-state index in [1.54, 1.807) is 6.92 Å². The van der Waals surface area contributed by atoms with Gasteiger partial charge in [-0.15, -0.1) is 0 Å². The molecule has 1 atom stereocenters. The molecule has 1 aromatic heterocycles. The van der Waals surface area contributed by atoms with Gasteiger partial charge in [0.15, 0.2) is 0 Å². The summed E-state index contributed by atoms with van der Waals surface area (Å²) < 4.78 is 70.1. The van der Waals surface area contributed by atoms with Crippen molar-refractivity contribution in [2.24, 2.45) is 5.41 Å². The molecule has 10 heteroatoms. The lowest BCUT2D eigenvalue weighted by Crippen LogP contribution is -2.68. The molecule has 170 valence electrons. The summed E-state index contributed by atoms with van der Waals surface area (Å²) in [6.07, 6.45) is 1.79. The normalized spacial score (nSPS) is 25.1. The first kappa shape index (κ1) is 21.4. The number of nitrogens with zero attached hydrogens (tertiary/aromatic N) is 3. The standard InChI is InChI=1S/C22H22F3N3O3S/c1-14-9-22(24,25)19-16(5-4-8-26-19)20(29)28(14)15-10-21(11-15)12-27(13-21)32(30,31)18-7-3-2-6-17(18)23/h2-8,14-15H,9-13H2,1H3. The van der Waals surface area contributed by atoms with Crippen molar-refractivity contribution in [1.82, 2.24) is 14.2 Å². The SMILES string of the molecule is CC1CC(F)(F)c2ncccc2C(=O)N1C1CC2(C1)CN(S(=O)(=O)c1ccccc1F)C2. The van der Waals surface area contributed by atoms with Crippen LogP contribution in [0.1, 0.15) is 42.2 Å². The Morgan fingerprint density at radius 1 is 1.06 bits per heavy atom. The quantitative estimate of drug-likeness (QED) is 0.697. The summed E-state index contributed by atoms with van der Waals surface area (Å²) in [7, 11) is -3.93. The Balaban J connectivity index is 1.31. The molecule has 5 rings (SSSR count). The highest BCUT2D eigenvalue weighted by Crippen LogP contribution is 2.53. The second-order valence-corrected chi connectivity index (χ2v) is 11.0. The lowest BCUT2D eigenvalue weighted by atomic mass is 9.61. The van der Waals surface area contributed by atoms with Gasteiger partial charge < -0.3 is 4.90 Å². The molecule has 1 aromatic carbocycles. The highest BCUT2D eigenvalue weighted by molar-refractivity contribution is 7.89. The van der Waals surface area contributed by atoms with Gasteiger partial charge in [0.25, 0.3) is 11.8 Å². The topological polar surface area (TPSA) is 70.6 Å². The number of hydrogen-bond acceptors (Lipinski definition) is 4. The van der Waals surface area contributed by atoms with Crippen LogP contribution in [0.2, 0.25) is 0 Å². The van der Waals surface area contributed by atoms with E-state index in [1.165, 1.54) is 45.7 Å². The molecule has 1 saturated heterocycles. The number of benzene rings is 1. The molecule has 0 N–H and O–H groups in total. The Hall–Kier alpha value is -2.46. The summed E-state index contributed by atoms with van der Waals surface area (Å²) in [4.78, 5) is 18.1. The Morgan fingerprint density at radius 3 is 2.44 bits per heavy atom. The molecule has 3 heterocycles. The van der Waals surface area contributed by atoms with Crippen molar-refractivity contribution in [2.45, 2.75) is 49.1 Å². The molecule has 1 unspecified atom stereocenters. The predicted octanol–water partition coefficient (Wildman–Crippen LogP) is 3.40. The van der Waals surface area contributed by atoms with Crippen LogP contribution in [0.4, 0.5) is 13.2 Å². The van der Waals surface area contributed by atoms with Gasteiger partial charge in [-0.25, -0.2) is 12.8 Å². The van der Waals surface area contributed by atoms with Gasteiger partial charge in [0.2, 0.25) is 10.0 Å². The van der Waals surface area contributed by atoms with Gasteiger partial charge >= 0.3 is 0 Å². The number of aromatic nitrogens is 1. The number of carbonyl (C=O) groups excluding carboxylic acids is 1. The highest BCUT2D eigenvalue weighted by atomic mass is 32.2. The van der Waals surface area contributed by atoms with E-state index < -0.39 is 45.8 Å². The van der Waals surface area contributed by atoms with Crippen LogP contribution in [0.5, 0.6) is 0 Å². The minimum atomic E-state index is -3.93. The van der Waals surface area contributed by atoms with Crippen molar-refractivity contribution in [3.05, 3.63) is 59.7 Å². The first-order valence-corrected chi connectivity index (χ1v) is 11.9. The molecular weight excluding hydrogens is 443 g/mol. The molecule has 1 saturated carbocycles. The molecule has 32 heavy (non-hydrogen) atoms. The Morgan fingerprint density at radius 2 is 1.75 bits per heavy atom. The maximum atomic E-state index is 14.7. The number of carbonyl (C=O) groups is 1. The molecule has 0 radical (unpaired) electrons. The summed E-state index contributed by atoms with van der Waals surface area (Å²) in [5.74, 6) is -4.46. The molecule has 0 bridgehead atoms. The van der Waals surface area contributed by atoms with Gasteiger partial charge in [-0.05, 0) is 44.0 Å². The van der Waals surface area contributed by atoms with Crippen LogP contribution in [0, 0.1) is 11.2 Å². The van der Waals surface area contributed by atoms with Crippen molar-refractivity contribution in [2.75, 3.05) is 13.1 Å². The Kier molecular flexibility index (Phi) is 4.69. The van der Waals surface area contributed by atoms with Gasteiger partial charge in [0.05, 0.1) is 5.56 Å². The monoisotopic (exact) mass is 465 g/mol. The van der Waals surface area contributed by atoms with Crippen LogP contribution < -0.4 is 0 Å². The number of amides is 1. The smallest absolute Gasteiger partial charge is 0.292 e. The van der Waals surface area contributed by atoms with Crippen molar-refractivity contribution in [1.29, 1.82) is 0 Å². The van der Waals surface area contributed by atoms with Crippen LogP contribution in [0.25, 0.3) is 0 Å². The maximum absolute atomic E-state index is 14.7. The van der Waals surface area contributed by atoms with Crippen LogP contribution in [0.15, 0.2) is 47.5 Å². The fourth-order valence-corrected chi connectivity index (χ4v) is 7.09. The van der Waals surface area contributed by atoms with E-state index in [0.717, 1.165) is 6.07 Å². The third-order valence-electron chi connectivity index (χ3n) is 6.85. The highest BCUT2D eigenvalue weighted by Gasteiger charge is 2.59. The minimum Gasteiger partial charge on any atom is -0.333 e. The molecule has 1 aliphatic carbocycles. The van der Waals surface area contributed by atoms with Gasteiger partial charge in [-0.1, -0.05) is 12.1 Å². The molecule has 3 aliphatic rings. The van der Waals surface area contributed by atoms with Crippen molar-refractivity contribution >= 4 is 15.9 Å². The number of sulfonamides is 1. The van der Waals surface area contributed by atoms with E-state index >= 15 is 0 Å². The lowest BCUT2D eigenvalue weighted by molar-refractivity contribution is -0.0860. The number of fused-ring (bicyclic) bond motifs is 1. The molecule has 2 aromatic rings. The Labute approximate surface area is 184 Å². The first-order chi connectivity index (χ1) is 15.0. The average molecular weight is 465 g/mol. The molecule has 1 amide bonds. The largest absolute Gasteiger partial charge is 0.333 e. The second-order valence-electron chi connectivity index (χ2n) is 9.14. The van der Waals surface area contributed by atoms with E-state index in [0.29, 0.717) is 12.8 Å². The average Bonchev–Trinajstić information content (AvgIpc) is 2.74. The maximum Gasteiger partial charge on any atom is 0.292 e. The number of rotatable bonds is 3. The number of pyridine rings is 1. The van der Waals surface area contributed by atoms with E-state index in [2.05, 4.69) is 4.98 Å². The summed E-state index contributed by atoms with van der Waals surface area (Å²) in [6.45, 7) is 2.06. The van der Waals surface area contributed by atoms with Crippen LogP contribution in [-0.4, -0.2) is 53.7 Å². The summed E-state index contributed by atoms with van der Waals surface area (Å²) in [5, 5.41) is 0. The zero-order valence-corrected chi connectivity index (χ0v) is 18.2. The van der Waals surface area contributed by atoms with E-state index in [1.807, 2.05) is 0 Å². The number of halogens is 3. The van der Waals surface area contributed by atoms with Crippen molar-refractivity contribution < 1.29 is 26.4 Å². The molecular formula is C22H22F3N3O3S. The van der Waals surface area contributed by atoms with Gasteiger partial charge in [0.1, 0.15) is 16.4 Å². The zero-order chi connectivity index (χ0) is 22.9. The fraction of sp³-hybridized carbons (Fsp3) is 0.455. The third kappa shape index (κ3) is 3.14. The van der Waals surface area contributed by atoms with Crippen LogP contribution >= 0.6 is 0 Å². The van der Waals surface area contributed by atoms with Gasteiger partial charge in [-0.2, -0.15) is 13.1 Å². The zero-order valence-electron chi connectivity index (χ0n) is 17.3. The van der Waals surface area contributed by atoms with E-state index in [9.17, 15) is 26.4 Å². The molecule has 6 nitrogen and oxygen atoms in total. The van der Waals surface area contributed by atoms with Gasteiger partial charge in [-0.3, -0.25) is 9.78 Å². The summed E-state index contributed by atoms with van der Waals surface area (Å²) in [5.41, 5.74) is -0.880. The lowest BCUT2D eigenvalue weighted by Gasteiger charge is -2.60. The molecule has 1 spiro atoms. The fourth-order valence-electron chi connectivity index (χ4n) is 5.36. The van der Waals surface area contributed by atoms with E-state index in [4.69, 9.17) is 0 Å². The van der Waals surface area contributed by atoms with Crippen LogP contribution in [-0.2, 0) is 15.9 Å². The summed E-state index contributed by atoms with van der Waals surface area (Å²) >= 11 is 0. The predicted molar refractivity (Wildman–Crippen MR) is 109 cm³/mol. The minimum absolute atomic E-state index is 0.0832. The number of hydrogen-bond donors (Lipinski definition) is 0. The van der Waals surface area contributed by atoms with Crippen molar-refractivity contribution in [3.63, 3.8) is 0 Å².